The zero-order chi connectivity index (χ0) is 22.0. The summed E-state index contributed by atoms with van der Waals surface area (Å²) in [6, 6.07) is 0.250. The molecule has 8 heteroatoms. The zero-order valence-corrected chi connectivity index (χ0v) is 18.6. The van der Waals surface area contributed by atoms with E-state index in [0.717, 1.165) is 27.8 Å². The molecule has 0 bridgehead atoms. The Kier molecular flexibility index (Phi) is 4.71. The van der Waals surface area contributed by atoms with Crippen LogP contribution < -0.4 is 4.74 Å². The van der Waals surface area contributed by atoms with Crippen molar-refractivity contribution in [1.82, 2.24) is 14.4 Å². The average Bonchev–Trinajstić information content (AvgIpc) is 3.13. The molecule has 0 saturated heterocycles. The van der Waals surface area contributed by atoms with Crippen molar-refractivity contribution in [3.05, 3.63) is 57.3 Å². The Labute approximate surface area is 175 Å². The quantitative estimate of drug-likeness (QED) is 0.686. The van der Waals surface area contributed by atoms with Crippen LogP contribution in [0.25, 0.3) is 5.57 Å². The number of halogens is 2. The van der Waals surface area contributed by atoms with Gasteiger partial charge in [0.15, 0.2) is 5.70 Å². The first kappa shape index (κ1) is 20.5. The van der Waals surface area contributed by atoms with Crippen LogP contribution in [0.15, 0.2) is 29.2 Å². The minimum absolute atomic E-state index is 0.250. The maximum atomic E-state index is 16.1. The van der Waals surface area contributed by atoms with Crippen molar-refractivity contribution in [2.75, 3.05) is 7.11 Å². The molecule has 158 valence electrons. The predicted octanol–water partition coefficient (Wildman–Crippen LogP) is 4.68. The third-order valence-corrected chi connectivity index (χ3v) is 6.60. The number of allylic oxidation sites excluding steroid dienone is 2. The van der Waals surface area contributed by atoms with Crippen molar-refractivity contribution < 1.29 is 17.9 Å². The van der Waals surface area contributed by atoms with E-state index in [1.165, 1.54) is 16.1 Å². The number of rotatable bonds is 4. The van der Waals surface area contributed by atoms with Gasteiger partial charge in [-0.05, 0) is 50.4 Å². The molecule has 0 fully saturated rings. The number of nitrogens with zero attached hydrogens (tertiary/aromatic N) is 4. The molecule has 0 aliphatic carbocycles. The molecular formula is C22H27BF2N4O. The normalized spacial score (nSPS) is 17.6. The van der Waals surface area contributed by atoms with E-state index in [1.807, 2.05) is 27.7 Å². The third kappa shape index (κ3) is 2.48. The van der Waals surface area contributed by atoms with Crippen LogP contribution in [-0.2, 0) is 6.42 Å². The number of aromatic nitrogens is 3. The largest absolute Gasteiger partial charge is 0.737 e. The highest BCUT2D eigenvalue weighted by atomic mass is 19.2. The first-order chi connectivity index (χ1) is 14.2. The predicted molar refractivity (Wildman–Crippen MR) is 115 cm³/mol. The van der Waals surface area contributed by atoms with Gasteiger partial charge in [-0.2, -0.15) is 0 Å². The fourth-order valence-electron chi connectivity index (χ4n) is 5.30. The second-order valence-electron chi connectivity index (χ2n) is 7.94. The molecule has 0 unspecified atom stereocenters. The van der Waals surface area contributed by atoms with Crippen LogP contribution in [0.3, 0.4) is 0 Å². The summed E-state index contributed by atoms with van der Waals surface area (Å²) in [6.45, 7) is 7.47. The van der Waals surface area contributed by atoms with E-state index in [4.69, 9.17) is 4.74 Å². The van der Waals surface area contributed by atoms with Crippen molar-refractivity contribution in [1.29, 1.82) is 0 Å². The molecular weight excluding hydrogens is 385 g/mol. The third-order valence-electron chi connectivity index (χ3n) is 6.60. The fourth-order valence-corrected chi connectivity index (χ4v) is 5.30. The first-order valence-electron chi connectivity index (χ1n) is 10.4. The molecule has 2 aliphatic heterocycles. The summed E-state index contributed by atoms with van der Waals surface area (Å²) in [5.41, 5.74) is 7.56. The van der Waals surface area contributed by atoms with E-state index in [-0.39, 0.29) is 6.01 Å². The minimum atomic E-state index is -4.02. The fraction of sp³-hybridized carbons (Fsp3) is 0.409. The number of fused-ring (bicyclic) bond motifs is 2. The Bertz CT molecular complexity index is 1160. The molecule has 0 N–H and O–H groups in total. The molecule has 30 heavy (non-hydrogen) atoms. The molecule has 4 rings (SSSR count). The molecule has 0 radical (unpaired) electrons. The van der Waals surface area contributed by atoms with Crippen molar-refractivity contribution in [2.24, 2.45) is 0 Å². The summed E-state index contributed by atoms with van der Waals surface area (Å²) in [6.07, 6.45) is 4.72. The summed E-state index contributed by atoms with van der Waals surface area (Å²) in [4.78, 5) is 8.52. The van der Waals surface area contributed by atoms with Gasteiger partial charge in [0.1, 0.15) is 5.71 Å². The van der Waals surface area contributed by atoms with Crippen LogP contribution in [0, 0.1) is 13.8 Å². The number of hydrogen-bond donors (Lipinski definition) is 0. The van der Waals surface area contributed by atoms with Gasteiger partial charge in [0.25, 0.3) is 0 Å². The second kappa shape index (κ2) is 6.89. The molecule has 0 spiro atoms. The molecule has 2 aromatic heterocycles. The van der Waals surface area contributed by atoms with Crippen molar-refractivity contribution in [3.63, 3.8) is 0 Å². The topological polar surface area (TPSA) is 43.0 Å². The number of methoxy groups -OCH3 is 1. The average molecular weight is 412 g/mol. The summed E-state index contributed by atoms with van der Waals surface area (Å²) >= 11 is 0. The zero-order valence-electron chi connectivity index (χ0n) is 18.6. The van der Waals surface area contributed by atoms with Gasteiger partial charge in [0.2, 0.25) is 0 Å². The van der Waals surface area contributed by atoms with Crippen LogP contribution in [0.5, 0.6) is 6.01 Å². The monoisotopic (exact) mass is 412 g/mol. The van der Waals surface area contributed by atoms with Crippen molar-refractivity contribution in [2.45, 2.75) is 54.4 Å². The van der Waals surface area contributed by atoms with Gasteiger partial charge in [0, 0.05) is 41.7 Å². The Hall–Kier alpha value is -2.77. The molecule has 0 amide bonds. The van der Waals surface area contributed by atoms with E-state index >= 15 is 8.63 Å². The van der Waals surface area contributed by atoms with Crippen molar-refractivity contribution in [3.8, 4) is 6.01 Å². The highest BCUT2D eigenvalue weighted by Gasteiger charge is 2.56. The highest BCUT2D eigenvalue weighted by Crippen LogP contribution is 2.46. The van der Waals surface area contributed by atoms with Crippen molar-refractivity contribution >= 4 is 18.3 Å². The Morgan fingerprint density at radius 1 is 1.07 bits per heavy atom. The van der Waals surface area contributed by atoms with E-state index in [0.29, 0.717) is 41.2 Å². The van der Waals surface area contributed by atoms with Gasteiger partial charge in [-0.15, -0.1) is 0 Å². The van der Waals surface area contributed by atoms with Gasteiger partial charge in [-0.3, -0.25) is 0 Å². The van der Waals surface area contributed by atoms with Gasteiger partial charge in [-0.25, -0.2) is 9.97 Å². The van der Waals surface area contributed by atoms with Gasteiger partial charge in [0.05, 0.1) is 12.7 Å². The lowest BCUT2D eigenvalue weighted by molar-refractivity contribution is -0.363. The van der Waals surface area contributed by atoms with Gasteiger partial charge in [-0.1, -0.05) is 13.8 Å². The van der Waals surface area contributed by atoms with Crippen LogP contribution >= 0.6 is 0 Å². The Morgan fingerprint density at radius 2 is 1.70 bits per heavy atom. The molecule has 0 atom stereocenters. The van der Waals surface area contributed by atoms with Crippen LogP contribution in [0.4, 0.5) is 8.63 Å². The molecule has 0 saturated carbocycles. The smallest absolute Gasteiger partial charge is 0.467 e. The molecule has 5 nitrogen and oxygen atoms in total. The number of hydrogen-bond acceptors (Lipinski definition) is 3. The second-order valence-corrected chi connectivity index (χ2v) is 7.94. The summed E-state index contributed by atoms with van der Waals surface area (Å²) < 4.78 is 39.8. The summed E-state index contributed by atoms with van der Waals surface area (Å²) in [7, 11) is 1.50. The minimum Gasteiger partial charge on any atom is -0.467 e. The SMILES string of the molecule is CCC1=C(C)C2=C(c3cnc(OC)nc3)c3c(C)c(CC)c(C)n3[B-](F)(F)[N+]2=C1C. The molecule has 2 aliphatic rings. The lowest BCUT2D eigenvalue weighted by Gasteiger charge is -2.33. The molecule has 4 heterocycles. The maximum Gasteiger partial charge on any atom is 0.737 e. The lowest BCUT2D eigenvalue weighted by Crippen LogP contribution is -2.51. The van der Waals surface area contributed by atoms with Gasteiger partial charge < -0.3 is 22.3 Å². The van der Waals surface area contributed by atoms with Crippen LogP contribution in [-0.4, -0.2) is 38.7 Å². The van der Waals surface area contributed by atoms with Crippen LogP contribution in [0.1, 0.15) is 62.2 Å². The van der Waals surface area contributed by atoms with E-state index in [1.54, 1.807) is 26.2 Å². The summed E-state index contributed by atoms with van der Waals surface area (Å²) in [5.74, 6) is 0. The van der Waals surface area contributed by atoms with Crippen LogP contribution in [0.2, 0.25) is 0 Å². The number of ether oxygens (including phenoxy) is 1. The maximum absolute atomic E-state index is 16.1. The van der Waals surface area contributed by atoms with E-state index in [9.17, 15) is 0 Å². The summed E-state index contributed by atoms with van der Waals surface area (Å²) in [5, 5.41) is 0. The lowest BCUT2D eigenvalue weighted by atomic mass is 9.84. The standard InChI is InChI=1S/C22H27BF2N4O/c1-8-17-12(3)20-19(16-10-26-22(30-7)27-11-16)21-13(4)18(9-2)15(6)29(21)23(24,25)28(20)14(17)5/h10-11H,8-9H2,1-7H3. The van der Waals surface area contributed by atoms with Gasteiger partial charge >= 0.3 is 13.0 Å². The first-order valence-corrected chi connectivity index (χ1v) is 10.4. The molecule has 0 aromatic carbocycles. The highest BCUT2D eigenvalue weighted by molar-refractivity contribution is 6.58. The Balaban J connectivity index is 2.18. The van der Waals surface area contributed by atoms with E-state index < -0.39 is 6.97 Å². The molecule has 2 aromatic rings. The Morgan fingerprint density at radius 3 is 2.23 bits per heavy atom. The van der Waals surface area contributed by atoms with E-state index in [2.05, 4.69) is 9.97 Å².